The first-order valence-electron chi connectivity index (χ1n) is 7.59. The minimum Gasteiger partial charge on any atom is -0.494 e. The van der Waals surface area contributed by atoms with Crippen molar-refractivity contribution in [3.8, 4) is 5.75 Å². The van der Waals surface area contributed by atoms with E-state index in [1.807, 2.05) is 55.5 Å². The maximum absolute atomic E-state index is 11.9. The third kappa shape index (κ3) is 6.68. The first kappa shape index (κ1) is 18.4. The van der Waals surface area contributed by atoms with Crippen molar-refractivity contribution < 1.29 is 9.53 Å². The van der Waals surface area contributed by atoms with Crippen molar-refractivity contribution in [2.24, 2.45) is 0 Å². The lowest BCUT2D eigenvalue weighted by molar-refractivity contribution is -0.119. The van der Waals surface area contributed by atoms with Crippen molar-refractivity contribution in [2.75, 3.05) is 11.9 Å². The Hall–Kier alpha value is -1.92. The maximum atomic E-state index is 11.9. The molecular formula is C18H19BrN2O2S. The standard InChI is InChI=1S/C18H19BrN2O2S/c1-13-7-9-16(10-8-13)23-11-3-6-17(22)21-18(24)20-15-5-2-4-14(19)12-15/h2,4-5,7-10,12H,3,6,11H2,1H3,(H2,20,21,22,24). The summed E-state index contributed by atoms with van der Waals surface area (Å²) in [7, 11) is 0. The summed E-state index contributed by atoms with van der Waals surface area (Å²) in [4.78, 5) is 11.9. The van der Waals surface area contributed by atoms with Gasteiger partial charge in [0.15, 0.2) is 5.11 Å². The van der Waals surface area contributed by atoms with Crippen molar-refractivity contribution in [2.45, 2.75) is 19.8 Å². The van der Waals surface area contributed by atoms with Gasteiger partial charge in [-0.15, -0.1) is 0 Å². The summed E-state index contributed by atoms with van der Waals surface area (Å²) >= 11 is 8.52. The SMILES string of the molecule is Cc1ccc(OCCCC(=O)NC(=S)Nc2cccc(Br)c2)cc1. The number of ether oxygens (including phenoxy) is 1. The van der Waals surface area contributed by atoms with Gasteiger partial charge in [0.25, 0.3) is 0 Å². The van der Waals surface area contributed by atoms with E-state index in [9.17, 15) is 4.79 Å². The molecule has 0 aromatic heterocycles. The number of thiocarbonyl (C=S) groups is 1. The van der Waals surface area contributed by atoms with Gasteiger partial charge in [-0.2, -0.15) is 0 Å². The second-order valence-electron chi connectivity index (χ2n) is 5.28. The van der Waals surface area contributed by atoms with Gasteiger partial charge in [-0.05, 0) is 55.9 Å². The zero-order valence-electron chi connectivity index (χ0n) is 13.3. The number of aryl methyl sites for hydroxylation is 1. The van der Waals surface area contributed by atoms with Crippen LogP contribution in [0.5, 0.6) is 5.75 Å². The van der Waals surface area contributed by atoms with Crippen LogP contribution in [-0.2, 0) is 4.79 Å². The zero-order valence-corrected chi connectivity index (χ0v) is 15.7. The maximum Gasteiger partial charge on any atom is 0.226 e. The molecule has 2 aromatic rings. The second-order valence-corrected chi connectivity index (χ2v) is 6.60. The van der Waals surface area contributed by atoms with Gasteiger partial charge in [0.1, 0.15) is 5.75 Å². The molecule has 2 N–H and O–H groups in total. The van der Waals surface area contributed by atoms with Crippen LogP contribution in [0.2, 0.25) is 0 Å². The molecule has 6 heteroatoms. The fourth-order valence-corrected chi connectivity index (χ4v) is 2.61. The normalized spacial score (nSPS) is 10.1. The number of rotatable bonds is 6. The van der Waals surface area contributed by atoms with Crippen LogP contribution >= 0.6 is 28.1 Å². The third-order valence-electron chi connectivity index (χ3n) is 3.17. The van der Waals surface area contributed by atoms with E-state index in [1.165, 1.54) is 5.56 Å². The Kier molecular flexibility index (Phi) is 7.21. The predicted octanol–water partition coefficient (Wildman–Crippen LogP) is 4.43. The van der Waals surface area contributed by atoms with Crippen molar-refractivity contribution >= 4 is 44.9 Å². The molecule has 2 aromatic carbocycles. The lowest BCUT2D eigenvalue weighted by Crippen LogP contribution is -2.34. The van der Waals surface area contributed by atoms with E-state index < -0.39 is 0 Å². The Balaban J connectivity index is 1.65. The van der Waals surface area contributed by atoms with Gasteiger partial charge in [-0.3, -0.25) is 4.79 Å². The van der Waals surface area contributed by atoms with E-state index in [2.05, 4.69) is 26.6 Å². The van der Waals surface area contributed by atoms with Crippen LogP contribution < -0.4 is 15.4 Å². The molecule has 0 atom stereocenters. The van der Waals surface area contributed by atoms with Crippen LogP contribution in [0, 0.1) is 6.92 Å². The quantitative estimate of drug-likeness (QED) is 0.550. The molecule has 2 rings (SSSR count). The number of benzene rings is 2. The van der Waals surface area contributed by atoms with Gasteiger partial charge in [-0.1, -0.05) is 39.7 Å². The molecule has 126 valence electrons. The van der Waals surface area contributed by atoms with E-state index in [0.717, 1.165) is 15.9 Å². The number of nitrogens with one attached hydrogen (secondary N) is 2. The highest BCUT2D eigenvalue weighted by atomic mass is 79.9. The van der Waals surface area contributed by atoms with Crippen LogP contribution in [0.4, 0.5) is 5.69 Å². The first-order chi connectivity index (χ1) is 11.5. The van der Waals surface area contributed by atoms with E-state index in [4.69, 9.17) is 17.0 Å². The van der Waals surface area contributed by atoms with Crippen LogP contribution in [0.15, 0.2) is 53.0 Å². The summed E-state index contributed by atoms with van der Waals surface area (Å²) < 4.78 is 6.53. The topological polar surface area (TPSA) is 50.4 Å². The molecule has 0 aliphatic heterocycles. The highest BCUT2D eigenvalue weighted by Gasteiger charge is 2.05. The number of anilines is 1. The zero-order chi connectivity index (χ0) is 17.4. The van der Waals surface area contributed by atoms with Crippen LogP contribution in [0.3, 0.4) is 0 Å². The second kappa shape index (κ2) is 9.39. The summed E-state index contributed by atoms with van der Waals surface area (Å²) in [5.74, 6) is 0.683. The molecule has 1 amide bonds. The summed E-state index contributed by atoms with van der Waals surface area (Å²) in [6.45, 7) is 2.52. The number of carbonyl (C=O) groups is 1. The first-order valence-corrected chi connectivity index (χ1v) is 8.79. The number of amides is 1. The lowest BCUT2D eigenvalue weighted by atomic mass is 10.2. The van der Waals surface area contributed by atoms with Crippen molar-refractivity contribution in [3.63, 3.8) is 0 Å². The number of carbonyl (C=O) groups excluding carboxylic acids is 1. The van der Waals surface area contributed by atoms with Crippen LogP contribution in [0.1, 0.15) is 18.4 Å². The fraction of sp³-hybridized carbons (Fsp3) is 0.222. The average molecular weight is 407 g/mol. The summed E-state index contributed by atoms with van der Waals surface area (Å²) in [5.41, 5.74) is 2.01. The summed E-state index contributed by atoms with van der Waals surface area (Å²) in [6.07, 6.45) is 0.978. The fourth-order valence-electron chi connectivity index (χ4n) is 1.97. The van der Waals surface area contributed by atoms with E-state index in [1.54, 1.807) is 0 Å². The van der Waals surface area contributed by atoms with Gasteiger partial charge in [-0.25, -0.2) is 0 Å². The molecule has 0 saturated carbocycles. The minimum absolute atomic E-state index is 0.130. The molecule has 0 spiro atoms. The molecule has 0 aliphatic rings. The molecule has 4 nitrogen and oxygen atoms in total. The molecule has 0 radical (unpaired) electrons. The van der Waals surface area contributed by atoms with Crippen molar-refractivity contribution in [1.29, 1.82) is 0 Å². The molecule has 24 heavy (non-hydrogen) atoms. The Morgan fingerprint density at radius 1 is 1.21 bits per heavy atom. The van der Waals surface area contributed by atoms with Gasteiger partial charge < -0.3 is 15.4 Å². The van der Waals surface area contributed by atoms with Crippen molar-refractivity contribution in [1.82, 2.24) is 5.32 Å². The summed E-state index contributed by atoms with van der Waals surface area (Å²) in [5, 5.41) is 5.93. The molecule has 0 fully saturated rings. The predicted molar refractivity (Wildman–Crippen MR) is 104 cm³/mol. The average Bonchev–Trinajstić information content (AvgIpc) is 2.53. The number of halogens is 1. The number of hydrogen-bond donors (Lipinski definition) is 2. The largest absolute Gasteiger partial charge is 0.494 e. The van der Waals surface area contributed by atoms with Gasteiger partial charge in [0.2, 0.25) is 5.91 Å². The van der Waals surface area contributed by atoms with Gasteiger partial charge >= 0.3 is 0 Å². The van der Waals surface area contributed by atoms with Gasteiger partial charge in [0.05, 0.1) is 6.61 Å². The minimum atomic E-state index is -0.130. The summed E-state index contributed by atoms with van der Waals surface area (Å²) in [6, 6.07) is 15.4. The lowest BCUT2D eigenvalue weighted by Gasteiger charge is -2.10. The molecular weight excluding hydrogens is 388 g/mol. The molecule has 0 saturated heterocycles. The molecule has 0 heterocycles. The van der Waals surface area contributed by atoms with Crippen LogP contribution in [-0.4, -0.2) is 17.6 Å². The van der Waals surface area contributed by atoms with E-state index in [-0.39, 0.29) is 11.0 Å². The van der Waals surface area contributed by atoms with E-state index >= 15 is 0 Å². The van der Waals surface area contributed by atoms with E-state index in [0.29, 0.717) is 19.4 Å². The highest BCUT2D eigenvalue weighted by molar-refractivity contribution is 9.10. The van der Waals surface area contributed by atoms with Gasteiger partial charge in [0, 0.05) is 16.6 Å². The third-order valence-corrected chi connectivity index (χ3v) is 3.87. The van der Waals surface area contributed by atoms with Crippen LogP contribution in [0.25, 0.3) is 0 Å². The molecule has 0 bridgehead atoms. The Morgan fingerprint density at radius 3 is 2.67 bits per heavy atom. The smallest absolute Gasteiger partial charge is 0.226 e. The highest BCUT2D eigenvalue weighted by Crippen LogP contribution is 2.15. The van der Waals surface area contributed by atoms with Crippen molar-refractivity contribution in [3.05, 3.63) is 58.6 Å². The number of hydrogen-bond acceptors (Lipinski definition) is 3. The Morgan fingerprint density at radius 2 is 1.96 bits per heavy atom. The Bertz CT molecular complexity index is 704. The molecule has 0 unspecified atom stereocenters. The Labute approximate surface area is 155 Å². The molecule has 0 aliphatic carbocycles. The monoisotopic (exact) mass is 406 g/mol.